The Balaban J connectivity index is 0.816. The van der Waals surface area contributed by atoms with Crippen molar-refractivity contribution in [1.29, 1.82) is 5.26 Å². The first-order chi connectivity index (χ1) is 32.0. The van der Waals surface area contributed by atoms with E-state index in [2.05, 4.69) is 68.6 Å². The van der Waals surface area contributed by atoms with Crippen molar-refractivity contribution < 1.29 is 32.2 Å². The van der Waals surface area contributed by atoms with Gasteiger partial charge in [-0.3, -0.25) is 14.3 Å². The molecular formula is C48H52ClN9O8S. The third-order valence-electron chi connectivity index (χ3n) is 12.5. The number of carbonyl (C=O) groups excluding carboxylic acids is 1. The first kappa shape index (κ1) is 46.8. The second kappa shape index (κ2) is 18.9. The quantitative estimate of drug-likeness (QED) is 0.0804. The van der Waals surface area contributed by atoms with E-state index in [0.29, 0.717) is 86.9 Å². The number of halogens is 1. The summed E-state index contributed by atoms with van der Waals surface area (Å²) in [7, 11) is -1.92. The van der Waals surface area contributed by atoms with Crippen molar-refractivity contribution in [2.45, 2.75) is 65.7 Å². The molecule has 19 heteroatoms. The molecule has 1 saturated heterocycles. The van der Waals surface area contributed by atoms with Crippen LogP contribution in [0.1, 0.15) is 63.4 Å². The Bertz CT molecular complexity index is 3000. The maximum Gasteiger partial charge on any atom is 0.274 e. The zero-order valence-corrected chi connectivity index (χ0v) is 39.6. The molecule has 8 rings (SSSR count). The highest BCUT2D eigenvalue weighted by atomic mass is 35.5. The molecule has 17 nitrogen and oxygen atoms in total. The molecule has 2 fully saturated rings. The molecule has 2 aromatic carbocycles. The average Bonchev–Trinajstić information content (AvgIpc) is 3.81. The molecule has 4 aromatic heterocycles. The zero-order chi connectivity index (χ0) is 47.7. The van der Waals surface area contributed by atoms with Gasteiger partial charge in [-0.05, 0) is 56.2 Å². The van der Waals surface area contributed by atoms with Crippen LogP contribution < -0.4 is 34.7 Å². The fourth-order valence-corrected chi connectivity index (χ4v) is 10.1. The predicted octanol–water partition coefficient (Wildman–Crippen LogP) is 7.47. The molecule has 5 heterocycles. The van der Waals surface area contributed by atoms with Crippen molar-refractivity contribution in [2.24, 2.45) is 17.9 Å². The summed E-state index contributed by atoms with van der Waals surface area (Å²) in [5.41, 5.74) is 1.66. The summed E-state index contributed by atoms with van der Waals surface area (Å²) in [6.07, 6.45) is 7.76. The summed E-state index contributed by atoms with van der Waals surface area (Å²) in [6.45, 7) is 11.7. The van der Waals surface area contributed by atoms with Crippen LogP contribution in [-0.2, 0) is 21.8 Å². The van der Waals surface area contributed by atoms with E-state index in [1.165, 1.54) is 4.57 Å². The Labute approximate surface area is 393 Å². The first-order valence-electron chi connectivity index (χ1n) is 21.9. The molecule has 3 N–H and O–H groups in total. The van der Waals surface area contributed by atoms with Gasteiger partial charge in [-0.15, -0.1) is 0 Å². The number of nitrogens with one attached hydrogen (secondary N) is 3. The summed E-state index contributed by atoms with van der Waals surface area (Å²) >= 11 is 6.25. The highest BCUT2D eigenvalue weighted by molar-refractivity contribution is 7.92. The number of H-pyrrole nitrogens is 1. The number of amides is 1. The van der Waals surface area contributed by atoms with Gasteiger partial charge < -0.3 is 38.7 Å². The van der Waals surface area contributed by atoms with Crippen molar-refractivity contribution in [2.75, 3.05) is 41.7 Å². The maximum absolute atomic E-state index is 13.4. The smallest absolute Gasteiger partial charge is 0.274 e. The number of piperidine rings is 1. The van der Waals surface area contributed by atoms with E-state index in [1.54, 1.807) is 99.4 Å². The van der Waals surface area contributed by atoms with Crippen LogP contribution in [0.3, 0.4) is 0 Å². The van der Waals surface area contributed by atoms with E-state index in [1.807, 2.05) is 0 Å². The minimum Gasteiger partial charge on any atom is -0.489 e. The number of pyridine rings is 2. The summed E-state index contributed by atoms with van der Waals surface area (Å²) < 4.78 is 53.7. The summed E-state index contributed by atoms with van der Waals surface area (Å²) in [5, 5.41) is 13.4. The number of nitrogens with zero attached hydrogens (tertiary/aromatic N) is 6. The SMILES string of the molecule is CCS(=O)(=O)Nc1ccc(Oc2cccc(OCCOC3CCN(c4ncc(C(=O)NC5C(C)(C)C(Oc6ccc(C#N)c(Cl)c6)C5(C)C)cn4)CC3)n2)c(-c2cn(C)c(=O)c3[nH]ccc23)c1. The van der Waals surface area contributed by atoms with E-state index < -0.39 is 20.9 Å². The minimum atomic E-state index is -3.57. The number of nitriles is 1. The van der Waals surface area contributed by atoms with Crippen LogP contribution in [0.25, 0.3) is 22.0 Å². The standard InChI is InChI=1S/C48H52ClN9O8S/c1-7-67(61,62)56-31-12-14-38(35(23-31)36-28-57(6)43(60)41-34(36)15-18-51-41)66-40-10-8-9-39(54-40)64-22-21-63-32-16-19-58(20-17-32)46-52-26-30(27-53-46)42(59)55-44-47(2,3)45(48(44,4)5)65-33-13-11-29(25-50)37(49)24-33/h8-15,18,23-24,26-28,32,44-45,51,56H,7,16-17,19-22H2,1-6H3,(H,55,59). The summed E-state index contributed by atoms with van der Waals surface area (Å²) in [4.78, 5) is 45.0. The van der Waals surface area contributed by atoms with Gasteiger partial charge in [0.1, 0.15) is 35.8 Å². The molecule has 350 valence electrons. The van der Waals surface area contributed by atoms with Crippen molar-refractivity contribution in [1.82, 2.24) is 29.8 Å². The monoisotopic (exact) mass is 949 g/mol. The van der Waals surface area contributed by atoms with Crippen LogP contribution in [0.5, 0.6) is 23.3 Å². The van der Waals surface area contributed by atoms with Gasteiger partial charge in [-0.1, -0.05) is 45.4 Å². The molecule has 0 atom stereocenters. The van der Waals surface area contributed by atoms with Crippen LogP contribution in [0.15, 0.2) is 90.2 Å². The van der Waals surface area contributed by atoms with E-state index in [9.17, 15) is 23.3 Å². The van der Waals surface area contributed by atoms with Gasteiger partial charge in [0, 0.05) is 102 Å². The number of fused-ring (bicyclic) bond motifs is 1. The average molecular weight is 951 g/mol. The minimum absolute atomic E-state index is 0.00980. The van der Waals surface area contributed by atoms with E-state index in [4.69, 9.17) is 30.5 Å². The molecule has 0 spiro atoms. The molecule has 0 bridgehead atoms. The number of rotatable bonds is 16. The Kier molecular flexibility index (Phi) is 13.2. The van der Waals surface area contributed by atoms with Crippen molar-refractivity contribution in [3.8, 4) is 40.5 Å². The highest BCUT2D eigenvalue weighted by Crippen LogP contribution is 2.55. The van der Waals surface area contributed by atoms with Crippen molar-refractivity contribution in [3.05, 3.63) is 112 Å². The lowest BCUT2D eigenvalue weighted by atomic mass is 9.49. The summed E-state index contributed by atoms with van der Waals surface area (Å²) in [5.74, 6) is 1.71. The van der Waals surface area contributed by atoms with Gasteiger partial charge in [0.25, 0.3) is 11.5 Å². The van der Waals surface area contributed by atoms with Gasteiger partial charge in [0.15, 0.2) is 0 Å². The predicted molar refractivity (Wildman–Crippen MR) is 254 cm³/mol. The van der Waals surface area contributed by atoms with Crippen LogP contribution in [0.2, 0.25) is 5.02 Å². The number of benzene rings is 2. The second-order valence-corrected chi connectivity index (χ2v) is 20.3. The number of aromatic amines is 1. The molecule has 0 unspecified atom stereocenters. The van der Waals surface area contributed by atoms with Crippen LogP contribution in [0, 0.1) is 22.2 Å². The molecule has 1 aliphatic heterocycles. The van der Waals surface area contributed by atoms with Crippen LogP contribution >= 0.6 is 11.6 Å². The molecule has 67 heavy (non-hydrogen) atoms. The van der Waals surface area contributed by atoms with Crippen molar-refractivity contribution >= 4 is 50.1 Å². The lowest BCUT2D eigenvalue weighted by Crippen LogP contribution is -2.74. The number of hydrogen-bond acceptors (Lipinski definition) is 13. The van der Waals surface area contributed by atoms with Gasteiger partial charge in [0.05, 0.1) is 34.6 Å². The van der Waals surface area contributed by atoms with Crippen LogP contribution in [0.4, 0.5) is 11.6 Å². The third-order valence-corrected chi connectivity index (χ3v) is 14.1. The Morgan fingerprint density at radius 1 is 0.985 bits per heavy atom. The number of hydrogen-bond donors (Lipinski definition) is 3. The number of carbonyl (C=O) groups is 1. The lowest BCUT2D eigenvalue weighted by Gasteiger charge is -2.63. The molecule has 6 aromatic rings. The normalized spacial score (nSPS) is 17.9. The molecule has 1 aliphatic carbocycles. The largest absolute Gasteiger partial charge is 0.489 e. The Morgan fingerprint density at radius 3 is 2.42 bits per heavy atom. The zero-order valence-electron chi connectivity index (χ0n) is 38.0. The third kappa shape index (κ3) is 9.90. The maximum atomic E-state index is 13.4. The number of anilines is 2. The van der Waals surface area contributed by atoms with E-state index >= 15 is 0 Å². The van der Waals surface area contributed by atoms with Gasteiger partial charge >= 0.3 is 0 Å². The highest BCUT2D eigenvalue weighted by Gasteiger charge is 2.64. The van der Waals surface area contributed by atoms with E-state index in [0.717, 1.165) is 12.8 Å². The first-order valence-corrected chi connectivity index (χ1v) is 24.0. The van der Waals surface area contributed by atoms with Crippen molar-refractivity contribution in [3.63, 3.8) is 0 Å². The lowest BCUT2D eigenvalue weighted by molar-refractivity contribution is -0.164. The summed E-state index contributed by atoms with van der Waals surface area (Å²) in [6, 6.07) is 18.8. The van der Waals surface area contributed by atoms with Crippen LogP contribution in [-0.4, -0.2) is 89.1 Å². The molecule has 2 aliphatic rings. The molecule has 0 radical (unpaired) electrons. The fourth-order valence-electron chi connectivity index (χ4n) is 9.27. The molecule has 1 saturated carbocycles. The Hall–Kier alpha value is -6.68. The molecule has 1 amide bonds. The number of ether oxygens (including phenoxy) is 4. The fraction of sp³-hybridized carbons (Fsp3) is 0.375. The molecular weight excluding hydrogens is 898 g/mol. The van der Waals surface area contributed by atoms with Gasteiger partial charge in [0.2, 0.25) is 27.7 Å². The van der Waals surface area contributed by atoms with Gasteiger partial charge in [-0.2, -0.15) is 10.2 Å². The number of aromatic nitrogens is 5. The number of aryl methyl sites for hydroxylation is 1. The number of sulfonamides is 1. The Morgan fingerprint density at radius 2 is 1.72 bits per heavy atom. The van der Waals surface area contributed by atoms with E-state index in [-0.39, 0.29) is 48.0 Å². The topological polar surface area (TPSA) is 216 Å². The van der Waals surface area contributed by atoms with Gasteiger partial charge in [-0.25, -0.2) is 18.4 Å². The second-order valence-electron chi connectivity index (χ2n) is 17.8.